The van der Waals surface area contributed by atoms with Crippen LogP contribution < -0.4 is 5.32 Å². The highest BCUT2D eigenvalue weighted by atomic mass is 16.5. The zero-order valence-electron chi connectivity index (χ0n) is 16.6. The molecule has 142 valence electrons. The van der Waals surface area contributed by atoms with Gasteiger partial charge < -0.3 is 10.1 Å². The molecule has 5 nitrogen and oxygen atoms in total. The zero-order valence-corrected chi connectivity index (χ0v) is 16.6. The van der Waals surface area contributed by atoms with Gasteiger partial charge in [0.2, 0.25) is 0 Å². The Morgan fingerprint density at radius 1 is 1.04 bits per heavy atom. The highest BCUT2D eigenvalue weighted by molar-refractivity contribution is 5.61. The van der Waals surface area contributed by atoms with Crippen LogP contribution in [0.1, 0.15) is 37.5 Å². The monoisotopic (exact) mass is 364 g/mol. The minimum Gasteiger partial charge on any atom is -0.371 e. The van der Waals surface area contributed by atoms with E-state index in [1.165, 1.54) is 16.7 Å². The fourth-order valence-electron chi connectivity index (χ4n) is 2.89. The molecule has 2 heterocycles. The van der Waals surface area contributed by atoms with E-state index in [0.29, 0.717) is 6.61 Å². The molecule has 2 aromatic heterocycles. The third-order valence-corrected chi connectivity index (χ3v) is 4.17. The summed E-state index contributed by atoms with van der Waals surface area (Å²) in [6, 6.07) is 12.5. The van der Waals surface area contributed by atoms with Gasteiger partial charge in [0.25, 0.3) is 0 Å². The molecule has 0 aliphatic rings. The molecule has 0 fully saturated rings. The summed E-state index contributed by atoms with van der Waals surface area (Å²) in [5.41, 5.74) is 5.58. The van der Waals surface area contributed by atoms with Gasteiger partial charge in [-0.2, -0.15) is 5.10 Å². The molecule has 0 aliphatic carbocycles. The van der Waals surface area contributed by atoms with Gasteiger partial charge in [-0.05, 0) is 44.0 Å². The van der Waals surface area contributed by atoms with E-state index < -0.39 is 0 Å². The fourth-order valence-corrected chi connectivity index (χ4v) is 2.89. The highest BCUT2D eigenvalue weighted by Gasteiger charge is 2.11. The lowest BCUT2D eigenvalue weighted by Crippen LogP contribution is -2.18. The van der Waals surface area contributed by atoms with Gasteiger partial charge in [-0.15, -0.1) is 0 Å². The van der Waals surface area contributed by atoms with Crippen LogP contribution in [-0.4, -0.2) is 20.4 Å². The molecule has 0 atom stereocenters. The van der Waals surface area contributed by atoms with Gasteiger partial charge in [0.15, 0.2) is 0 Å². The molecule has 0 spiro atoms. The van der Waals surface area contributed by atoms with E-state index >= 15 is 0 Å². The zero-order chi connectivity index (χ0) is 19.3. The van der Waals surface area contributed by atoms with E-state index in [1.54, 1.807) is 12.4 Å². The Bertz CT molecular complexity index is 866. The number of nitrogens with zero attached hydrogens (tertiary/aromatic N) is 3. The smallest absolute Gasteiger partial charge is 0.0969 e. The Morgan fingerprint density at radius 3 is 2.52 bits per heavy atom. The van der Waals surface area contributed by atoms with Crippen molar-refractivity contribution in [3.63, 3.8) is 0 Å². The molecule has 1 N–H and O–H groups in total. The van der Waals surface area contributed by atoms with Crippen molar-refractivity contribution in [3.8, 4) is 11.3 Å². The third kappa shape index (κ3) is 5.74. The normalized spacial score (nSPS) is 11.7. The number of hydrogen-bond acceptors (Lipinski definition) is 4. The molecule has 3 rings (SSSR count). The number of benzene rings is 1. The highest BCUT2D eigenvalue weighted by Crippen LogP contribution is 2.21. The van der Waals surface area contributed by atoms with Crippen LogP contribution in [0.5, 0.6) is 0 Å². The van der Waals surface area contributed by atoms with Gasteiger partial charge in [-0.1, -0.05) is 24.3 Å². The number of rotatable bonds is 7. The Balaban J connectivity index is 1.61. The Labute approximate surface area is 161 Å². The molecule has 0 bridgehead atoms. The molecule has 0 radical (unpaired) electrons. The molecular weight excluding hydrogens is 336 g/mol. The van der Waals surface area contributed by atoms with Crippen molar-refractivity contribution in [2.24, 2.45) is 7.05 Å². The Kier molecular flexibility index (Phi) is 6.04. The molecule has 1 aromatic carbocycles. The largest absolute Gasteiger partial charge is 0.371 e. The van der Waals surface area contributed by atoms with E-state index in [1.807, 2.05) is 23.9 Å². The second-order valence-electron chi connectivity index (χ2n) is 7.74. The van der Waals surface area contributed by atoms with Gasteiger partial charge in [-0.3, -0.25) is 9.67 Å². The average molecular weight is 364 g/mol. The molecule has 27 heavy (non-hydrogen) atoms. The van der Waals surface area contributed by atoms with Crippen LogP contribution in [0.4, 0.5) is 0 Å². The molecule has 0 saturated carbocycles. The molecule has 5 heteroatoms. The van der Waals surface area contributed by atoms with Crippen LogP contribution in [0, 0.1) is 0 Å². The van der Waals surface area contributed by atoms with Gasteiger partial charge in [-0.25, -0.2) is 0 Å². The van der Waals surface area contributed by atoms with E-state index in [4.69, 9.17) is 4.74 Å². The summed E-state index contributed by atoms with van der Waals surface area (Å²) in [4.78, 5) is 4.09. The topological polar surface area (TPSA) is 52.0 Å². The standard InChI is InChI=1S/C22H28N4O/c1-22(2,3)27-16-18-7-5-6-17(12-18)13-24-14-20-15-26(4)25-21(20)19-8-10-23-11-9-19/h5-12,15,24H,13-14,16H2,1-4H3. The summed E-state index contributed by atoms with van der Waals surface area (Å²) >= 11 is 0. The predicted molar refractivity (Wildman–Crippen MR) is 108 cm³/mol. The molecule has 0 amide bonds. The first-order valence-electron chi connectivity index (χ1n) is 9.26. The number of nitrogens with one attached hydrogen (secondary N) is 1. The quantitative estimate of drug-likeness (QED) is 0.686. The lowest BCUT2D eigenvalue weighted by molar-refractivity contribution is -0.0149. The molecular formula is C22H28N4O. The number of ether oxygens (including phenoxy) is 1. The van der Waals surface area contributed by atoms with E-state index in [0.717, 1.165) is 24.3 Å². The van der Waals surface area contributed by atoms with E-state index in [9.17, 15) is 0 Å². The van der Waals surface area contributed by atoms with Crippen molar-refractivity contribution in [2.75, 3.05) is 0 Å². The molecule has 0 unspecified atom stereocenters. The van der Waals surface area contributed by atoms with Crippen LogP contribution in [-0.2, 0) is 31.5 Å². The maximum absolute atomic E-state index is 5.88. The van der Waals surface area contributed by atoms with Crippen LogP contribution in [0.2, 0.25) is 0 Å². The first kappa shape index (κ1) is 19.3. The first-order valence-corrected chi connectivity index (χ1v) is 9.26. The predicted octanol–water partition coefficient (Wildman–Crippen LogP) is 4.09. The van der Waals surface area contributed by atoms with E-state index in [2.05, 4.69) is 66.6 Å². The SMILES string of the molecule is Cn1cc(CNCc2cccc(COC(C)(C)C)c2)c(-c2ccncc2)n1. The van der Waals surface area contributed by atoms with Crippen molar-refractivity contribution in [2.45, 2.75) is 46.1 Å². The number of pyridine rings is 1. The average Bonchev–Trinajstić information content (AvgIpc) is 3.01. The van der Waals surface area contributed by atoms with Crippen LogP contribution >= 0.6 is 0 Å². The summed E-state index contributed by atoms with van der Waals surface area (Å²) in [5, 5.41) is 8.13. The van der Waals surface area contributed by atoms with Gasteiger partial charge in [0.05, 0.1) is 17.9 Å². The number of hydrogen-bond donors (Lipinski definition) is 1. The Hall–Kier alpha value is -2.50. The maximum Gasteiger partial charge on any atom is 0.0969 e. The number of aromatic nitrogens is 3. The first-order chi connectivity index (χ1) is 12.9. The van der Waals surface area contributed by atoms with Crippen molar-refractivity contribution < 1.29 is 4.74 Å². The maximum atomic E-state index is 5.88. The molecule has 3 aromatic rings. The summed E-state index contributed by atoms with van der Waals surface area (Å²) in [6.45, 7) is 8.42. The lowest BCUT2D eigenvalue weighted by atomic mass is 10.1. The van der Waals surface area contributed by atoms with Crippen molar-refractivity contribution in [3.05, 3.63) is 71.7 Å². The van der Waals surface area contributed by atoms with Gasteiger partial charge in [0, 0.05) is 49.9 Å². The third-order valence-electron chi connectivity index (χ3n) is 4.17. The van der Waals surface area contributed by atoms with Gasteiger partial charge >= 0.3 is 0 Å². The fraction of sp³-hybridized carbons (Fsp3) is 0.364. The van der Waals surface area contributed by atoms with Crippen molar-refractivity contribution in [1.29, 1.82) is 0 Å². The summed E-state index contributed by atoms with van der Waals surface area (Å²) < 4.78 is 7.73. The van der Waals surface area contributed by atoms with Crippen LogP contribution in [0.25, 0.3) is 11.3 Å². The summed E-state index contributed by atoms with van der Waals surface area (Å²) in [5.74, 6) is 0. The summed E-state index contributed by atoms with van der Waals surface area (Å²) in [6.07, 6.45) is 5.66. The van der Waals surface area contributed by atoms with Crippen molar-refractivity contribution in [1.82, 2.24) is 20.1 Å². The number of aryl methyl sites for hydroxylation is 1. The lowest BCUT2D eigenvalue weighted by Gasteiger charge is -2.19. The second-order valence-corrected chi connectivity index (χ2v) is 7.74. The molecule has 0 saturated heterocycles. The van der Waals surface area contributed by atoms with Crippen LogP contribution in [0.15, 0.2) is 55.0 Å². The second kappa shape index (κ2) is 8.46. The van der Waals surface area contributed by atoms with Gasteiger partial charge in [0.1, 0.15) is 0 Å². The van der Waals surface area contributed by atoms with Crippen molar-refractivity contribution >= 4 is 0 Å². The molecule has 0 aliphatic heterocycles. The summed E-state index contributed by atoms with van der Waals surface area (Å²) in [7, 11) is 1.95. The Morgan fingerprint density at radius 2 is 1.78 bits per heavy atom. The minimum atomic E-state index is -0.127. The van der Waals surface area contributed by atoms with Crippen LogP contribution in [0.3, 0.4) is 0 Å². The van der Waals surface area contributed by atoms with E-state index in [-0.39, 0.29) is 5.60 Å². The minimum absolute atomic E-state index is 0.127.